The monoisotopic (exact) mass is 218 g/mol. The van der Waals surface area contributed by atoms with Crippen LogP contribution in [0, 0.1) is 0 Å². The van der Waals surface area contributed by atoms with Crippen molar-refractivity contribution in [3.8, 4) is 0 Å². The standard InChI is InChI=1S/C10H22O3Si/c1-7-11-14(8-2,12-9(3)4)13-10(5)6/h8-10H,2,7H2,1,3-6H3. The average molecular weight is 218 g/mol. The fourth-order valence-electron chi connectivity index (χ4n) is 1.11. The molecular weight excluding hydrogens is 196 g/mol. The van der Waals surface area contributed by atoms with Crippen LogP contribution >= 0.6 is 0 Å². The molecule has 0 aromatic carbocycles. The maximum atomic E-state index is 5.71. The van der Waals surface area contributed by atoms with Gasteiger partial charge < -0.3 is 13.3 Å². The molecule has 0 saturated heterocycles. The lowest BCUT2D eigenvalue weighted by atomic mass is 10.5. The number of hydrogen-bond donors (Lipinski definition) is 0. The molecule has 0 bridgehead atoms. The zero-order valence-corrected chi connectivity index (χ0v) is 10.9. The molecule has 0 atom stereocenters. The first kappa shape index (κ1) is 13.8. The summed E-state index contributed by atoms with van der Waals surface area (Å²) in [5, 5.41) is 0. The van der Waals surface area contributed by atoms with Crippen molar-refractivity contribution in [2.45, 2.75) is 46.8 Å². The lowest BCUT2D eigenvalue weighted by molar-refractivity contribution is 0.0334. The molecule has 0 aliphatic heterocycles. The van der Waals surface area contributed by atoms with Crippen LogP contribution in [0.25, 0.3) is 0 Å². The van der Waals surface area contributed by atoms with Crippen LogP contribution in [-0.4, -0.2) is 27.6 Å². The van der Waals surface area contributed by atoms with Gasteiger partial charge in [0.1, 0.15) is 0 Å². The number of hydrogen-bond acceptors (Lipinski definition) is 3. The van der Waals surface area contributed by atoms with Gasteiger partial charge in [0.15, 0.2) is 0 Å². The predicted molar refractivity (Wildman–Crippen MR) is 60.0 cm³/mol. The van der Waals surface area contributed by atoms with Crippen LogP contribution in [0.5, 0.6) is 0 Å². The van der Waals surface area contributed by atoms with E-state index < -0.39 is 8.80 Å². The van der Waals surface area contributed by atoms with Crippen molar-refractivity contribution >= 4 is 8.80 Å². The maximum absolute atomic E-state index is 5.71. The van der Waals surface area contributed by atoms with Crippen LogP contribution in [0.15, 0.2) is 12.3 Å². The highest BCUT2D eigenvalue weighted by atomic mass is 28.4. The van der Waals surface area contributed by atoms with Crippen molar-refractivity contribution in [2.24, 2.45) is 0 Å². The molecule has 0 unspecified atom stereocenters. The molecule has 0 fully saturated rings. The lowest BCUT2D eigenvalue weighted by Gasteiger charge is -2.29. The van der Waals surface area contributed by atoms with E-state index >= 15 is 0 Å². The zero-order valence-electron chi connectivity index (χ0n) is 9.87. The van der Waals surface area contributed by atoms with Gasteiger partial charge in [-0.15, -0.1) is 0 Å². The average Bonchev–Trinajstić information content (AvgIpc) is 2.02. The van der Waals surface area contributed by atoms with Crippen molar-refractivity contribution in [2.75, 3.05) is 6.61 Å². The molecule has 84 valence electrons. The first-order chi connectivity index (χ1) is 6.45. The summed E-state index contributed by atoms with van der Waals surface area (Å²) in [5.41, 5.74) is 1.69. The molecule has 14 heavy (non-hydrogen) atoms. The lowest BCUT2D eigenvalue weighted by Crippen LogP contribution is -2.47. The third-order valence-corrected chi connectivity index (χ3v) is 4.19. The van der Waals surface area contributed by atoms with Gasteiger partial charge in [0.05, 0.1) is 0 Å². The van der Waals surface area contributed by atoms with E-state index in [9.17, 15) is 0 Å². The van der Waals surface area contributed by atoms with Crippen LogP contribution < -0.4 is 0 Å². The minimum atomic E-state index is -2.63. The highest BCUT2D eigenvalue weighted by Gasteiger charge is 2.39. The predicted octanol–water partition coefficient (Wildman–Crippen LogP) is 2.54. The summed E-state index contributed by atoms with van der Waals surface area (Å²) in [7, 11) is -2.63. The van der Waals surface area contributed by atoms with E-state index in [0.717, 1.165) is 0 Å². The summed E-state index contributed by atoms with van der Waals surface area (Å²) in [4.78, 5) is 0. The van der Waals surface area contributed by atoms with Gasteiger partial charge in [-0.05, 0) is 40.3 Å². The molecule has 0 radical (unpaired) electrons. The number of rotatable bonds is 7. The SMILES string of the molecule is C=C[Si](OCC)(OC(C)C)OC(C)C. The molecule has 0 N–H and O–H groups in total. The largest absolute Gasteiger partial charge is 0.529 e. The van der Waals surface area contributed by atoms with Crippen LogP contribution in [0.1, 0.15) is 34.6 Å². The summed E-state index contributed by atoms with van der Waals surface area (Å²) in [6.07, 6.45) is 0.176. The molecule has 4 heteroatoms. The fourth-order valence-corrected chi connectivity index (χ4v) is 3.33. The van der Waals surface area contributed by atoms with Gasteiger partial charge in [0.2, 0.25) is 0 Å². The molecule has 0 aliphatic rings. The summed E-state index contributed by atoms with van der Waals surface area (Å²) < 4.78 is 17.0. The summed E-state index contributed by atoms with van der Waals surface area (Å²) in [6.45, 7) is 14.1. The minimum Gasteiger partial charge on any atom is -0.371 e. The molecule has 0 amide bonds. The Morgan fingerprint density at radius 1 is 1.14 bits per heavy atom. The van der Waals surface area contributed by atoms with Crippen molar-refractivity contribution in [3.63, 3.8) is 0 Å². The third-order valence-electron chi connectivity index (χ3n) is 1.40. The molecular formula is C10H22O3Si. The van der Waals surface area contributed by atoms with Gasteiger partial charge in [0.25, 0.3) is 0 Å². The molecule has 3 nitrogen and oxygen atoms in total. The molecule has 0 aromatic heterocycles. The summed E-state index contributed by atoms with van der Waals surface area (Å²) in [5.74, 6) is 0. The Hall–Kier alpha value is -0.163. The van der Waals surface area contributed by atoms with E-state index in [0.29, 0.717) is 6.61 Å². The van der Waals surface area contributed by atoms with Gasteiger partial charge in [-0.2, -0.15) is 0 Å². The highest BCUT2D eigenvalue weighted by Crippen LogP contribution is 2.15. The summed E-state index contributed by atoms with van der Waals surface area (Å²) in [6, 6.07) is 0. The third kappa shape index (κ3) is 4.90. The van der Waals surface area contributed by atoms with E-state index in [1.165, 1.54) is 0 Å². The van der Waals surface area contributed by atoms with E-state index in [-0.39, 0.29) is 12.2 Å². The Labute approximate surface area is 88.4 Å². The second-order valence-corrected chi connectivity index (χ2v) is 5.95. The maximum Gasteiger partial charge on any atom is 0.529 e. The van der Waals surface area contributed by atoms with Gasteiger partial charge >= 0.3 is 8.80 Å². The molecule has 0 heterocycles. The topological polar surface area (TPSA) is 27.7 Å². The van der Waals surface area contributed by atoms with Gasteiger partial charge in [-0.3, -0.25) is 0 Å². The van der Waals surface area contributed by atoms with Crippen LogP contribution in [0.4, 0.5) is 0 Å². The Morgan fingerprint density at radius 3 is 1.79 bits per heavy atom. The molecule has 0 saturated carbocycles. The zero-order chi connectivity index (χ0) is 11.2. The molecule has 0 spiro atoms. The first-order valence-corrected chi connectivity index (χ1v) is 6.89. The second-order valence-electron chi connectivity index (χ2n) is 3.57. The molecule has 0 aromatic rings. The fraction of sp³-hybridized carbons (Fsp3) is 0.800. The quantitative estimate of drug-likeness (QED) is 0.615. The van der Waals surface area contributed by atoms with Crippen molar-refractivity contribution in [1.29, 1.82) is 0 Å². The normalized spacial score (nSPS) is 12.5. The Bertz CT molecular complexity index is 159. The van der Waals surface area contributed by atoms with E-state index in [1.807, 2.05) is 34.6 Å². The van der Waals surface area contributed by atoms with Crippen molar-refractivity contribution < 1.29 is 13.3 Å². The van der Waals surface area contributed by atoms with Crippen LogP contribution in [-0.2, 0) is 13.3 Å². The molecule has 0 rings (SSSR count). The second kappa shape index (κ2) is 6.34. The van der Waals surface area contributed by atoms with Crippen LogP contribution in [0.3, 0.4) is 0 Å². The molecule has 0 aliphatic carbocycles. The van der Waals surface area contributed by atoms with Gasteiger partial charge in [-0.1, -0.05) is 6.58 Å². The summed E-state index contributed by atoms with van der Waals surface area (Å²) >= 11 is 0. The Morgan fingerprint density at radius 2 is 1.57 bits per heavy atom. The van der Waals surface area contributed by atoms with E-state index in [4.69, 9.17) is 13.3 Å². The van der Waals surface area contributed by atoms with Crippen molar-refractivity contribution in [1.82, 2.24) is 0 Å². The van der Waals surface area contributed by atoms with E-state index in [2.05, 4.69) is 6.58 Å². The smallest absolute Gasteiger partial charge is 0.371 e. The Kier molecular flexibility index (Phi) is 6.27. The van der Waals surface area contributed by atoms with Gasteiger partial charge in [0, 0.05) is 18.8 Å². The first-order valence-electron chi connectivity index (χ1n) is 5.09. The van der Waals surface area contributed by atoms with E-state index in [1.54, 1.807) is 5.70 Å². The minimum absolute atomic E-state index is 0.0879. The Balaban J connectivity index is 4.50. The van der Waals surface area contributed by atoms with Crippen LogP contribution in [0.2, 0.25) is 0 Å². The van der Waals surface area contributed by atoms with Crippen molar-refractivity contribution in [3.05, 3.63) is 12.3 Å². The highest BCUT2D eigenvalue weighted by molar-refractivity contribution is 6.66. The van der Waals surface area contributed by atoms with Gasteiger partial charge in [-0.25, -0.2) is 0 Å².